The van der Waals surface area contributed by atoms with E-state index < -0.39 is 14.8 Å². The first-order valence-corrected chi connectivity index (χ1v) is 9.52. The summed E-state index contributed by atoms with van der Waals surface area (Å²) in [5.41, 5.74) is 1.61. The van der Waals surface area contributed by atoms with Crippen LogP contribution in [-0.2, 0) is 16.4 Å². The van der Waals surface area contributed by atoms with E-state index in [-0.39, 0.29) is 28.9 Å². The third-order valence-corrected chi connectivity index (χ3v) is 5.69. The Morgan fingerprint density at radius 1 is 1.23 bits per heavy atom. The maximum Gasteiger partial charge on any atom is 0.311 e. The van der Waals surface area contributed by atoms with Gasteiger partial charge < -0.3 is 9.30 Å². The van der Waals surface area contributed by atoms with E-state index in [9.17, 15) is 18.5 Å². The van der Waals surface area contributed by atoms with Gasteiger partial charge in [-0.1, -0.05) is 25.1 Å². The first kappa shape index (κ1) is 17.9. The van der Waals surface area contributed by atoms with Gasteiger partial charge in [-0.3, -0.25) is 10.1 Å². The molecule has 1 heterocycles. The number of aromatic nitrogens is 2. The predicted octanol–water partition coefficient (Wildman–Crippen LogP) is 2.80. The molecule has 0 N–H and O–H groups in total. The van der Waals surface area contributed by atoms with Crippen molar-refractivity contribution in [1.82, 2.24) is 9.55 Å². The molecule has 0 amide bonds. The van der Waals surface area contributed by atoms with Gasteiger partial charge in [0.1, 0.15) is 0 Å². The molecule has 26 heavy (non-hydrogen) atoms. The smallest absolute Gasteiger partial charge is 0.311 e. The first-order chi connectivity index (χ1) is 12.4. The van der Waals surface area contributed by atoms with Crippen molar-refractivity contribution in [2.24, 2.45) is 0 Å². The number of hydrogen-bond acceptors (Lipinski definition) is 6. The highest BCUT2D eigenvalue weighted by Crippen LogP contribution is 2.29. The summed E-state index contributed by atoms with van der Waals surface area (Å²) in [5, 5.41) is 11.2. The molecule has 1 aromatic heterocycles. The Balaban J connectivity index is 2.16. The molecule has 0 unspecified atom stereocenters. The number of sulfone groups is 1. The van der Waals surface area contributed by atoms with Crippen LogP contribution in [0, 0.1) is 10.1 Å². The van der Waals surface area contributed by atoms with Gasteiger partial charge in [-0.25, -0.2) is 13.4 Å². The Hall–Kier alpha value is -2.94. The number of nitro benzene ring substituents is 1. The minimum absolute atomic E-state index is 0.0420. The molecule has 0 spiro atoms. The fourth-order valence-corrected chi connectivity index (χ4v) is 3.73. The van der Waals surface area contributed by atoms with Gasteiger partial charge in [0.05, 0.1) is 35.4 Å². The lowest BCUT2D eigenvalue weighted by Gasteiger charge is -2.10. The van der Waals surface area contributed by atoms with Gasteiger partial charge in [0.2, 0.25) is 15.0 Å². The van der Waals surface area contributed by atoms with Gasteiger partial charge in [-0.05, 0) is 23.8 Å². The van der Waals surface area contributed by atoms with E-state index >= 15 is 0 Å². The van der Waals surface area contributed by atoms with Crippen molar-refractivity contribution in [2.75, 3.05) is 12.9 Å². The number of para-hydroxylation sites is 2. The molecule has 0 radical (unpaired) electrons. The van der Waals surface area contributed by atoms with E-state index in [2.05, 4.69) is 4.98 Å². The zero-order valence-corrected chi connectivity index (χ0v) is 15.1. The van der Waals surface area contributed by atoms with Crippen LogP contribution in [-0.4, -0.2) is 35.8 Å². The van der Waals surface area contributed by atoms with Gasteiger partial charge >= 0.3 is 5.69 Å². The third-order valence-electron chi connectivity index (χ3n) is 4.06. The van der Waals surface area contributed by atoms with Crippen molar-refractivity contribution in [2.45, 2.75) is 18.6 Å². The van der Waals surface area contributed by atoms with Crippen molar-refractivity contribution < 1.29 is 18.1 Å². The lowest BCUT2D eigenvalue weighted by atomic mass is 10.2. The number of benzene rings is 2. The molecule has 0 aliphatic rings. The van der Waals surface area contributed by atoms with Crippen molar-refractivity contribution >= 4 is 26.6 Å². The summed E-state index contributed by atoms with van der Waals surface area (Å²) in [6.45, 7) is 1.69. The average molecular weight is 375 g/mol. The molecule has 136 valence electrons. The van der Waals surface area contributed by atoms with Crippen molar-refractivity contribution in [3.05, 3.63) is 58.1 Å². The molecule has 0 atom stereocenters. The number of rotatable bonds is 6. The Kier molecular flexibility index (Phi) is 4.64. The molecule has 8 nitrogen and oxygen atoms in total. The monoisotopic (exact) mass is 375 g/mol. The largest absolute Gasteiger partial charge is 0.490 e. The summed E-state index contributed by atoms with van der Waals surface area (Å²) in [6.07, 6.45) is 0. The summed E-state index contributed by atoms with van der Waals surface area (Å²) >= 11 is 0. The number of nitro groups is 1. The van der Waals surface area contributed by atoms with E-state index in [1.165, 1.54) is 19.2 Å². The van der Waals surface area contributed by atoms with Crippen LogP contribution < -0.4 is 4.74 Å². The van der Waals surface area contributed by atoms with Crippen molar-refractivity contribution in [1.29, 1.82) is 0 Å². The summed E-state index contributed by atoms with van der Waals surface area (Å²) in [7, 11) is -2.20. The average Bonchev–Trinajstić information content (AvgIpc) is 3.01. The minimum atomic E-state index is -3.56. The van der Waals surface area contributed by atoms with Crippen LogP contribution in [0.15, 0.2) is 47.6 Å². The van der Waals surface area contributed by atoms with Crippen LogP contribution in [0.1, 0.15) is 12.5 Å². The second-order valence-electron chi connectivity index (χ2n) is 5.64. The van der Waals surface area contributed by atoms with Crippen molar-refractivity contribution in [3.63, 3.8) is 0 Å². The molecule has 2 aromatic carbocycles. The van der Waals surface area contributed by atoms with Crippen molar-refractivity contribution in [3.8, 4) is 5.75 Å². The van der Waals surface area contributed by atoms with Crippen LogP contribution in [0.3, 0.4) is 0 Å². The molecule has 9 heteroatoms. The van der Waals surface area contributed by atoms with E-state index in [1.54, 1.807) is 41.8 Å². The molecule has 0 aliphatic heterocycles. The lowest BCUT2D eigenvalue weighted by Crippen LogP contribution is -2.13. The highest BCUT2D eigenvalue weighted by atomic mass is 32.2. The number of fused-ring (bicyclic) bond motifs is 1. The minimum Gasteiger partial charge on any atom is -0.490 e. The third kappa shape index (κ3) is 3.13. The molecular weight excluding hydrogens is 358 g/mol. The number of ether oxygens (including phenoxy) is 1. The van der Waals surface area contributed by atoms with Gasteiger partial charge in [0.25, 0.3) is 0 Å². The number of hydrogen-bond donors (Lipinski definition) is 0. The van der Waals surface area contributed by atoms with E-state index in [1.807, 2.05) is 0 Å². The Morgan fingerprint density at radius 3 is 2.62 bits per heavy atom. The second kappa shape index (κ2) is 6.75. The number of nitrogens with zero attached hydrogens (tertiary/aromatic N) is 3. The highest BCUT2D eigenvalue weighted by Gasteiger charge is 2.23. The lowest BCUT2D eigenvalue weighted by molar-refractivity contribution is -0.385. The van der Waals surface area contributed by atoms with Gasteiger partial charge in [-0.2, -0.15) is 0 Å². The quantitative estimate of drug-likeness (QED) is 0.485. The summed E-state index contributed by atoms with van der Waals surface area (Å²) in [6, 6.07) is 11.6. The van der Waals surface area contributed by atoms with Gasteiger partial charge in [0, 0.05) is 6.07 Å². The fourth-order valence-electron chi connectivity index (χ4n) is 2.73. The maximum absolute atomic E-state index is 12.4. The number of methoxy groups -OCH3 is 1. The standard InChI is InChI=1S/C17H17N3O5S/c1-3-26(23,24)17-18-13-6-4-5-7-14(13)19(17)11-12-8-9-16(25-2)15(10-12)20(21)22/h4-10H,3,11H2,1-2H3. The second-order valence-corrected chi connectivity index (χ2v) is 7.81. The Morgan fingerprint density at radius 2 is 1.96 bits per heavy atom. The highest BCUT2D eigenvalue weighted by molar-refractivity contribution is 7.91. The molecular formula is C17H17N3O5S. The van der Waals surface area contributed by atoms with Crippen LogP contribution in [0.2, 0.25) is 0 Å². The SMILES string of the molecule is CCS(=O)(=O)c1nc2ccccc2n1Cc1ccc(OC)c([N+](=O)[O-])c1. The molecule has 3 aromatic rings. The molecule has 3 rings (SSSR count). The van der Waals surface area contributed by atoms with E-state index in [0.29, 0.717) is 16.6 Å². The topological polar surface area (TPSA) is 104 Å². The summed E-state index contributed by atoms with van der Waals surface area (Å²) < 4.78 is 31.5. The van der Waals surface area contributed by atoms with Crippen LogP contribution >= 0.6 is 0 Å². The Bertz CT molecular complexity index is 1090. The van der Waals surface area contributed by atoms with Gasteiger partial charge in [0.15, 0.2) is 5.75 Å². The van der Waals surface area contributed by atoms with Gasteiger partial charge in [-0.15, -0.1) is 0 Å². The first-order valence-electron chi connectivity index (χ1n) is 7.86. The molecule has 0 bridgehead atoms. The maximum atomic E-state index is 12.4. The fraction of sp³-hybridized carbons (Fsp3) is 0.235. The zero-order valence-electron chi connectivity index (χ0n) is 14.2. The molecule has 0 saturated carbocycles. The van der Waals surface area contributed by atoms with Crippen LogP contribution in [0.25, 0.3) is 11.0 Å². The van der Waals surface area contributed by atoms with Crippen LogP contribution in [0.4, 0.5) is 5.69 Å². The molecule has 0 aliphatic carbocycles. The molecule has 0 saturated heterocycles. The molecule has 0 fully saturated rings. The Labute approximate surface area is 150 Å². The van der Waals surface area contributed by atoms with Crippen LogP contribution in [0.5, 0.6) is 5.75 Å². The van der Waals surface area contributed by atoms with E-state index in [4.69, 9.17) is 4.74 Å². The van der Waals surface area contributed by atoms with E-state index in [0.717, 1.165) is 0 Å². The normalized spacial score (nSPS) is 11.6. The zero-order chi connectivity index (χ0) is 18.9. The summed E-state index contributed by atoms with van der Waals surface area (Å²) in [5.74, 6) is 0.0645. The predicted molar refractivity (Wildman–Crippen MR) is 96.2 cm³/mol. The summed E-state index contributed by atoms with van der Waals surface area (Å²) in [4.78, 5) is 15.0. The number of imidazole rings is 1.